The summed E-state index contributed by atoms with van der Waals surface area (Å²) in [6, 6.07) is 16.5. The molecule has 242 valence electrons. The zero-order chi connectivity index (χ0) is 33.4. The molecule has 0 spiro atoms. The molecule has 0 unspecified atom stereocenters. The van der Waals surface area contributed by atoms with Gasteiger partial charge in [-0.25, -0.2) is 14.2 Å². The van der Waals surface area contributed by atoms with Gasteiger partial charge in [0.1, 0.15) is 17.4 Å². The fraction of sp³-hybridized carbons (Fsp3) is 0.314. The van der Waals surface area contributed by atoms with Crippen LogP contribution < -0.4 is 15.0 Å². The van der Waals surface area contributed by atoms with E-state index < -0.39 is 11.9 Å². The van der Waals surface area contributed by atoms with Gasteiger partial charge >= 0.3 is 6.09 Å². The highest BCUT2D eigenvalue weighted by Crippen LogP contribution is 2.28. The van der Waals surface area contributed by atoms with Gasteiger partial charge in [0.05, 0.1) is 6.54 Å². The second-order valence-corrected chi connectivity index (χ2v) is 11.5. The van der Waals surface area contributed by atoms with Crippen molar-refractivity contribution in [2.75, 3.05) is 43.4 Å². The van der Waals surface area contributed by atoms with Gasteiger partial charge in [-0.05, 0) is 93.5 Å². The first-order valence-electron chi connectivity index (χ1n) is 15.2. The standard InChI is InChI=1S/C35H40ClFN6O3/c1-7-42(8-2)18-17-41(6)33(44)26-9-12-29(13-10-26)39-34-38-16-15-31(40-34)43(22-27-21-28(36)11-14-30(27)37)35(45)46-32-24(4)19-23(3)20-25(32)5/h9-16,19-21H,7-8,17-18,22H2,1-6H3,(H,38,39,40). The Kier molecular flexibility index (Phi) is 11.7. The number of benzene rings is 3. The fourth-order valence-corrected chi connectivity index (χ4v) is 5.28. The van der Waals surface area contributed by atoms with E-state index in [0.29, 0.717) is 28.6 Å². The summed E-state index contributed by atoms with van der Waals surface area (Å²) in [5, 5.41) is 3.45. The quantitative estimate of drug-likeness (QED) is 0.170. The summed E-state index contributed by atoms with van der Waals surface area (Å²) in [5.74, 6) is 0.211. The third kappa shape index (κ3) is 8.80. The van der Waals surface area contributed by atoms with Crippen molar-refractivity contribution >= 4 is 41.1 Å². The largest absolute Gasteiger partial charge is 0.421 e. The molecule has 11 heteroatoms. The van der Waals surface area contributed by atoms with Crippen LogP contribution >= 0.6 is 11.6 Å². The molecule has 3 aromatic carbocycles. The third-order valence-electron chi connectivity index (χ3n) is 7.65. The van der Waals surface area contributed by atoms with Crippen LogP contribution in [0.3, 0.4) is 0 Å². The zero-order valence-corrected chi connectivity index (χ0v) is 27.9. The summed E-state index contributed by atoms with van der Waals surface area (Å²) >= 11 is 6.15. The van der Waals surface area contributed by atoms with Crippen molar-refractivity contribution in [3.05, 3.63) is 106 Å². The fourth-order valence-electron chi connectivity index (χ4n) is 5.08. The van der Waals surface area contributed by atoms with E-state index in [1.54, 1.807) is 42.3 Å². The lowest BCUT2D eigenvalue weighted by Crippen LogP contribution is -2.36. The van der Waals surface area contributed by atoms with Gasteiger partial charge in [0.25, 0.3) is 5.91 Å². The Labute approximate surface area is 275 Å². The molecule has 1 N–H and O–H groups in total. The number of ether oxygens (including phenoxy) is 1. The smallest absolute Gasteiger partial charge is 0.409 e. The molecule has 0 radical (unpaired) electrons. The van der Waals surface area contributed by atoms with Crippen molar-refractivity contribution in [1.29, 1.82) is 0 Å². The molecule has 0 atom stereocenters. The van der Waals surface area contributed by atoms with E-state index in [2.05, 4.69) is 34.0 Å². The van der Waals surface area contributed by atoms with Gasteiger partial charge in [0.2, 0.25) is 5.95 Å². The van der Waals surface area contributed by atoms with Crippen molar-refractivity contribution in [3.63, 3.8) is 0 Å². The van der Waals surface area contributed by atoms with Crippen molar-refractivity contribution in [2.24, 2.45) is 0 Å². The number of hydrogen-bond donors (Lipinski definition) is 1. The average Bonchev–Trinajstić information content (AvgIpc) is 3.03. The number of carbonyl (C=O) groups is 2. The van der Waals surface area contributed by atoms with Crippen molar-refractivity contribution in [2.45, 2.75) is 41.2 Å². The molecule has 4 aromatic rings. The number of anilines is 3. The molecular formula is C35H40ClFN6O3. The minimum atomic E-state index is -0.743. The number of aryl methyl sites for hydroxylation is 3. The van der Waals surface area contributed by atoms with Crippen molar-refractivity contribution in [3.8, 4) is 5.75 Å². The van der Waals surface area contributed by atoms with Crippen molar-refractivity contribution in [1.82, 2.24) is 19.8 Å². The summed E-state index contributed by atoms with van der Waals surface area (Å²) in [5.41, 5.74) is 4.02. The van der Waals surface area contributed by atoms with Gasteiger partial charge in [0, 0.05) is 48.2 Å². The Morgan fingerprint density at radius 2 is 1.61 bits per heavy atom. The Bertz CT molecular complexity index is 1660. The molecular weight excluding hydrogens is 607 g/mol. The van der Waals surface area contributed by atoms with E-state index in [1.807, 2.05) is 32.9 Å². The topological polar surface area (TPSA) is 90.9 Å². The number of halogens is 2. The number of nitrogens with zero attached hydrogens (tertiary/aromatic N) is 5. The van der Waals surface area contributed by atoms with E-state index in [1.165, 1.54) is 29.3 Å². The number of hydrogen-bond acceptors (Lipinski definition) is 7. The number of likely N-dealkylation sites (N-methyl/N-ethyl adjacent to an activating group) is 2. The molecule has 4 rings (SSSR count). The van der Waals surface area contributed by atoms with Gasteiger partial charge in [0.15, 0.2) is 0 Å². The second kappa shape index (κ2) is 15.6. The molecule has 0 saturated heterocycles. The van der Waals surface area contributed by atoms with Crippen LogP contribution in [0, 0.1) is 26.6 Å². The number of nitrogens with one attached hydrogen (secondary N) is 1. The molecule has 9 nitrogen and oxygen atoms in total. The van der Waals surface area contributed by atoms with E-state index in [-0.39, 0.29) is 29.8 Å². The highest BCUT2D eigenvalue weighted by Gasteiger charge is 2.24. The first-order chi connectivity index (χ1) is 22.0. The predicted molar refractivity (Wildman–Crippen MR) is 181 cm³/mol. The monoisotopic (exact) mass is 646 g/mol. The lowest BCUT2D eigenvalue weighted by Gasteiger charge is -2.23. The second-order valence-electron chi connectivity index (χ2n) is 11.1. The van der Waals surface area contributed by atoms with Gasteiger partial charge < -0.3 is 19.9 Å². The lowest BCUT2D eigenvalue weighted by atomic mass is 10.1. The number of carbonyl (C=O) groups excluding carboxylic acids is 2. The Balaban J connectivity index is 1.55. The van der Waals surface area contributed by atoms with Crippen LogP contribution in [-0.4, -0.2) is 65.0 Å². The maximum Gasteiger partial charge on any atom is 0.421 e. The van der Waals surface area contributed by atoms with Gasteiger partial charge in [-0.1, -0.05) is 43.1 Å². The Hall–Kier alpha value is -4.54. The van der Waals surface area contributed by atoms with Crippen molar-refractivity contribution < 1.29 is 18.7 Å². The number of amides is 2. The number of aromatic nitrogens is 2. The van der Waals surface area contributed by atoms with E-state index in [0.717, 1.165) is 36.3 Å². The van der Waals surface area contributed by atoms with Crippen LogP contribution in [0.5, 0.6) is 5.75 Å². The Morgan fingerprint density at radius 1 is 0.935 bits per heavy atom. The summed E-state index contributed by atoms with van der Waals surface area (Å²) in [6.07, 6.45) is 0.747. The molecule has 0 fully saturated rings. The minimum Gasteiger partial charge on any atom is -0.409 e. The van der Waals surface area contributed by atoms with Crippen LogP contribution in [0.1, 0.15) is 46.5 Å². The molecule has 1 aromatic heterocycles. The molecule has 0 aliphatic rings. The van der Waals surface area contributed by atoms with Gasteiger partial charge in [-0.15, -0.1) is 0 Å². The van der Waals surface area contributed by atoms with Crippen LogP contribution in [0.2, 0.25) is 5.02 Å². The summed E-state index contributed by atoms with van der Waals surface area (Å²) < 4.78 is 20.7. The molecule has 1 heterocycles. The zero-order valence-electron chi connectivity index (χ0n) is 27.1. The average molecular weight is 647 g/mol. The normalized spacial score (nSPS) is 11.0. The Morgan fingerprint density at radius 3 is 2.26 bits per heavy atom. The van der Waals surface area contributed by atoms with Crippen LogP contribution in [0.4, 0.5) is 26.6 Å². The minimum absolute atomic E-state index is 0.0709. The summed E-state index contributed by atoms with van der Waals surface area (Å²) in [6.45, 7) is 13.0. The number of rotatable bonds is 12. The lowest BCUT2D eigenvalue weighted by molar-refractivity contribution is 0.0779. The molecule has 0 bridgehead atoms. The van der Waals surface area contributed by atoms with Gasteiger partial charge in [-0.2, -0.15) is 4.98 Å². The maximum atomic E-state index is 14.8. The molecule has 2 amide bonds. The summed E-state index contributed by atoms with van der Waals surface area (Å²) in [7, 11) is 1.80. The predicted octanol–water partition coefficient (Wildman–Crippen LogP) is 7.56. The molecule has 0 saturated carbocycles. The SMILES string of the molecule is CCN(CC)CCN(C)C(=O)c1ccc(Nc2nccc(N(Cc3cc(Cl)ccc3F)C(=O)Oc3c(C)cc(C)cc3C)n2)cc1. The maximum absolute atomic E-state index is 14.8. The molecule has 46 heavy (non-hydrogen) atoms. The summed E-state index contributed by atoms with van der Waals surface area (Å²) in [4.78, 5) is 40.7. The van der Waals surface area contributed by atoms with Gasteiger partial charge in [-0.3, -0.25) is 9.69 Å². The van der Waals surface area contributed by atoms with Crippen LogP contribution in [0.25, 0.3) is 0 Å². The highest BCUT2D eigenvalue weighted by molar-refractivity contribution is 6.30. The third-order valence-corrected chi connectivity index (χ3v) is 7.88. The van der Waals surface area contributed by atoms with Crippen LogP contribution in [0.15, 0.2) is 66.9 Å². The molecule has 0 aliphatic heterocycles. The van der Waals surface area contributed by atoms with E-state index in [9.17, 15) is 14.0 Å². The highest BCUT2D eigenvalue weighted by atomic mass is 35.5. The first-order valence-corrected chi connectivity index (χ1v) is 15.6. The molecule has 0 aliphatic carbocycles. The van der Waals surface area contributed by atoms with E-state index in [4.69, 9.17) is 16.3 Å². The first kappa shape index (κ1) is 34.3. The van der Waals surface area contributed by atoms with E-state index >= 15 is 0 Å². The van der Waals surface area contributed by atoms with Crippen LogP contribution in [-0.2, 0) is 6.54 Å².